The van der Waals surface area contributed by atoms with Gasteiger partial charge in [-0.1, -0.05) is 34.4 Å². The third-order valence-corrected chi connectivity index (χ3v) is 3.60. The smallest absolute Gasteiger partial charge is 0.258 e. The standard InChI is InChI=1S/C13H15BrN2O2/c1-3-4-11(17)12-15-13(18-16-12)9-5-6-10(14)8(2)7-9/h5-7,11,17H,3-4H2,1-2H3. The SMILES string of the molecule is CCCC(O)c1noc(-c2ccc(Br)c(C)c2)n1. The highest BCUT2D eigenvalue weighted by atomic mass is 79.9. The summed E-state index contributed by atoms with van der Waals surface area (Å²) in [5, 5.41) is 13.6. The molecule has 5 heteroatoms. The van der Waals surface area contributed by atoms with Crippen LogP contribution in [0, 0.1) is 6.92 Å². The minimum atomic E-state index is -0.649. The Hall–Kier alpha value is -1.20. The molecule has 0 aliphatic rings. The molecule has 0 radical (unpaired) electrons. The summed E-state index contributed by atoms with van der Waals surface area (Å²) in [6.45, 7) is 4.00. The summed E-state index contributed by atoms with van der Waals surface area (Å²) in [4.78, 5) is 4.23. The minimum Gasteiger partial charge on any atom is -0.385 e. The van der Waals surface area contributed by atoms with Gasteiger partial charge in [0.05, 0.1) is 0 Å². The summed E-state index contributed by atoms with van der Waals surface area (Å²) in [6, 6.07) is 5.81. The van der Waals surface area contributed by atoms with Crippen molar-refractivity contribution in [3.05, 3.63) is 34.1 Å². The minimum absolute atomic E-state index is 0.354. The number of halogens is 1. The van der Waals surface area contributed by atoms with Crippen LogP contribution in [0.5, 0.6) is 0 Å². The molecule has 0 fully saturated rings. The second-order valence-electron chi connectivity index (χ2n) is 4.23. The van der Waals surface area contributed by atoms with Gasteiger partial charge >= 0.3 is 0 Å². The lowest BCUT2D eigenvalue weighted by Crippen LogP contribution is -1.98. The first-order valence-electron chi connectivity index (χ1n) is 5.90. The van der Waals surface area contributed by atoms with Crippen LogP contribution in [0.15, 0.2) is 27.2 Å². The average molecular weight is 311 g/mol. The van der Waals surface area contributed by atoms with Gasteiger partial charge in [0.15, 0.2) is 0 Å². The first kappa shape index (κ1) is 13.2. The Morgan fingerprint density at radius 1 is 1.44 bits per heavy atom. The van der Waals surface area contributed by atoms with Gasteiger partial charge < -0.3 is 9.63 Å². The van der Waals surface area contributed by atoms with Gasteiger partial charge in [-0.05, 0) is 37.1 Å². The van der Waals surface area contributed by atoms with Crippen LogP contribution in [0.25, 0.3) is 11.5 Å². The van der Waals surface area contributed by atoms with E-state index in [0.29, 0.717) is 18.1 Å². The number of hydrogen-bond acceptors (Lipinski definition) is 4. The molecule has 0 saturated carbocycles. The number of nitrogens with zero attached hydrogens (tertiary/aromatic N) is 2. The second kappa shape index (κ2) is 5.63. The van der Waals surface area contributed by atoms with E-state index in [1.165, 1.54) is 0 Å². The fourth-order valence-corrected chi connectivity index (χ4v) is 1.91. The maximum atomic E-state index is 9.79. The van der Waals surface area contributed by atoms with Gasteiger partial charge in [0, 0.05) is 10.0 Å². The molecule has 18 heavy (non-hydrogen) atoms. The Bertz CT molecular complexity index is 540. The number of aliphatic hydroxyl groups is 1. The van der Waals surface area contributed by atoms with Crippen molar-refractivity contribution in [2.45, 2.75) is 32.8 Å². The summed E-state index contributed by atoms with van der Waals surface area (Å²) in [7, 11) is 0. The van der Waals surface area contributed by atoms with E-state index in [-0.39, 0.29) is 0 Å². The molecule has 0 spiro atoms. The average Bonchev–Trinajstić information content (AvgIpc) is 2.82. The zero-order chi connectivity index (χ0) is 13.1. The molecule has 0 amide bonds. The normalized spacial score (nSPS) is 12.7. The molecule has 0 bridgehead atoms. The summed E-state index contributed by atoms with van der Waals surface area (Å²) in [5.74, 6) is 0.795. The maximum Gasteiger partial charge on any atom is 0.258 e. The van der Waals surface area contributed by atoms with Gasteiger partial charge in [-0.15, -0.1) is 0 Å². The summed E-state index contributed by atoms with van der Waals surface area (Å²) >= 11 is 3.44. The largest absolute Gasteiger partial charge is 0.385 e. The highest BCUT2D eigenvalue weighted by molar-refractivity contribution is 9.10. The summed E-state index contributed by atoms with van der Waals surface area (Å²) in [6.07, 6.45) is 0.866. The number of aliphatic hydroxyl groups excluding tert-OH is 1. The highest BCUT2D eigenvalue weighted by Crippen LogP contribution is 2.25. The topological polar surface area (TPSA) is 59.2 Å². The lowest BCUT2D eigenvalue weighted by atomic mass is 10.1. The van der Waals surface area contributed by atoms with Crippen molar-refractivity contribution in [3.8, 4) is 11.5 Å². The molecule has 1 heterocycles. The first-order chi connectivity index (χ1) is 8.61. The monoisotopic (exact) mass is 310 g/mol. The van der Waals surface area contributed by atoms with E-state index in [2.05, 4.69) is 26.1 Å². The Labute approximate surface area is 114 Å². The Balaban J connectivity index is 2.26. The van der Waals surface area contributed by atoms with Crippen molar-refractivity contribution in [2.75, 3.05) is 0 Å². The van der Waals surface area contributed by atoms with Gasteiger partial charge in [-0.2, -0.15) is 4.98 Å². The van der Waals surface area contributed by atoms with Crippen molar-refractivity contribution in [1.82, 2.24) is 10.1 Å². The van der Waals surface area contributed by atoms with Crippen LogP contribution in [0.4, 0.5) is 0 Å². The van der Waals surface area contributed by atoms with Gasteiger partial charge in [0.1, 0.15) is 6.10 Å². The van der Waals surface area contributed by atoms with Gasteiger partial charge in [0.2, 0.25) is 5.82 Å². The zero-order valence-electron chi connectivity index (χ0n) is 10.4. The first-order valence-corrected chi connectivity index (χ1v) is 6.69. The second-order valence-corrected chi connectivity index (χ2v) is 5.08. The van der Waals surface area contributed by atoms with E-state index in [4.69, 9.17) is 4.52 Å². The molecule has 1 atom stereocenters. The van der Waals surface area contributed by atoms with Crippen LogP contribution in [0.1, 0.15) is 37.3 Å². The van der Waals surface area contributed by atoms with E-state index >= 15 is 0 Å². The van der Waals surface area contributed by atoms with E-state index in [0.717, 1.165) is 22.0 Å². The molecule has 1 aromatic heterocycles. The van der Waals surface area contributed by atoms with Crippen LogP contribution >= 0.6 is 15.9 Å². The number of rotatable bonds is 4. The summed E-state index contributed by atoms with van der Waals surface area (Å²) in [5.41, 5.74) is 1.96. The molecular weight excluding hydrogens is 296 g/mol. The number of aryl methyl sites for hydroxylation is 1. The Morgan fingerprint density at radius 3 is 2.89 bits per heavy atom. The predicted octanol–water partition coefficient (Wildman–Crippen LogP) is 3.64. The van der Waals surface area contributed by atoms with Crippen LogP contribution in [-0.2, 0) is 0 Å². The molecule has 2 rings (SSSR count). The Kier molecular flexibility index (Phi) is 4.14. The highest BCUT2D eigenvalue weighted by Gasteiger charge is 2.15. The fourth-order valence-electron chi connectivity index (χ4n) is 1.67. The van der Waals surface area contributed by atoms with E-state index in [9.17, 15) is 5.11 Å². The predicted molar refractivity (Wildman–Crippen MR) is 72.0 cm³/mol. The van der Waals surface area contributed by atoms with Crippen LogP contribution in [0.2, 0.25) is 0 Å². The molecule has 4 nitrogen and oxygen atoms in total. The van der Waals surface area contributed by atoms with E-state index in [1.54, 1.807) is 0 Å². The van der Waals surface area contributed by atoms with E-state index in [1.807, 2.05) is 32.0 Å². The van der Waals surface area contributed by atoms with Crippen LogP contribution < -0.4 is 0 Å². The molecular formula is C13H15BrN2O2. The molecule has 1 unspecified atom stereocenters. The molecule has 0 aliphatic heterocycles. The third kappa shape index (κ3) is 2.79. The van der Waals surface area contributed by atoms with Crippen molar-refractivity contribution >= 4 is 15.9 Å². The van der Waals surface area contributed by atoms with Gasteiger partial charge in [0.25, 0.3) is 5.89 Å². The molecule has 0 saturated heterocycles. The third-order valence-electron chi connectivity index (χ3n) is 2.71. The van der Waals surface area contributed by atoms with Crippen molar-refractivity contribution in [1.29, 1.82) is 0 Å². The quantitative estimate of drug-likeness (QED) is 0.936. The van der Waals surface area contributed by atoms with Crippen molar-refractivity contribution in [2.24, 2.45) is 0 Å². The van der Waals surface area contributed by atoms with Crippen LogP contribution in [0.3, 0.4) is 0 Å². The number of hydrogen-bond donors (Lipinski definition) is 1. The Morgan fingerprint density at radius 2 is 2.22 bits per heavy atom. The molecule has 0 aliphatic carbocycles. The number of aromatic nitrogens is 2. The number of benzene rings is 1. The lowest BCUT2D eigenvalue weighted by molar-refractivity contribution is 0.153. The van der Waals surface area contributed by atoms with Crippen molar-refractivity contribution in [3.63, 3.8) is 0 Å². The lowest BCUT2D eigenvalue weighted by Gasteiger charge is -2.01. The molecule has 1 N–H and O–H groups in total. The fraction of sp³-hybridized carbons (Fsp3) is 0.385. The molecule has 96 valence electrons. The molecule has 2 aromatic rings. The van der Waals surface area contributed by atoms with Crippen LogP contribution in [-0.4, -0.2) is 15.2 Å². The van der Waals surface area contributed by atoms with Gasteiger partial charge in [-0.3, -0.25) is 0 Å². The van der Waals surface area contributed by atoms with Crippen molar-refractivity contribution < 1.29 is 9.63 Å². The zero-order valence-corrected chi connectivity index (χ0v) is 11.9. The molecule has 1 aromatic carbocycles. The van der Waals surface area contributed by atoms with Gasteiger partial charge in [-0.25, -0.2) is 0 Å². The summed E-state index contributed by atoms with van der Waals surface area (Å²) < 4.78 is 6.22. The van der Waals surface area contributed by atoms with E-state index < -0.39 is 6.10 Å². The maximum absolute atomic E-state index is 9.79.